The van der Waals surface area contributed by atoms with E-state index < -0.39 is 4.92 Å². The number of benzene rings is 2. The van der Waals surface area contributed by atoms with Crippen LogP contribution in [0.25, 0.3) is 5.69 Å². The quantitative estimate of drug-likeness (QED) is 0.336. The highest BCUT2D eigenvalue weighted by Gasteiger charge is 2.15. The van der Waals surface area contributed by atoms with E-state index in [-0.39, 0.29) is 11.5 Å². The van der Waals surface area contributed by atoms with Crippen LogP contribution in [0, 0.1) is 29.8 Å². The van der Waals surface area contributed by atoms with E-state index in [1.54, 1.807) is 30.5 Å². The summed E-state index contributed by atoms with van der Waals surface area (Å²) in [5, 5.41) is 14.8. The Bertz CT molecular complexity index is 1010. The lowest BCUT2D eigenvalue weighted by Gasteiger charge is -2.12. The van der Waals surface area contributed by atoms with Crippen LogP contribution in [0.15, 0.2) is 58.1 Å². The lowest BCUT2D eigenvalue weighted by Crippen LogP contribution is -2.03. The van der Waals surface area contributed by atoms with Crippen LogP contribution in [0.1, 0.15) is 17.0 Å². The molecular weight excluding hydrogens is 415 g/mol. The van der Waals surface area contributed by atoms with Gasteiger partial charge in [-0.05, 0) is 60.1 Å². The van der Waals surface area contributed by atoms with Gasteiger partial charge in [-0.15, -0.1) is 0 Å². The summed E-state index contributed by atoms with van der Waals surface area (Å²) in [5.41, 5.74) is 6.47. The number of non-ortho nitro benzene ring substituents is 1. The topological polar surface area (TPSA) is 72.5 Å². The molecule has 138 valence electrons. The minimum absolute atomic E-state index is 0.0172. The molecule has 0 atom stereocenters. The van der Waals surface area contributed by atoms with Gasteiger partial charge in [-0.3, -0.25) is 15.5 Å². The molecule has 1 heterocycles. The van der Waals surface area contributed by atoms with Gasteiger partial charge in [0.25, 0.3) is 5.69 Å². The molecule has 1 N–H and O–H groups in total. The van der Waals surface area contributed by atoms with E-state index in [0.29, 0.717) is 15.8 Å². The third kappa shape index (κ3) is 3.90. The second-order valence-electron chi connectivity index (χ2n) is 5.91. The van der Waals surface area contributed by atoms with Crippen LogP contribution in [0.2, 0.25) is 0 Å². The first-order valence-corrected chi connectivity index (χ1v) is 8.84. The summed E-state index contributed by atoms with van der Waals surface area (Å²) in [6.45, 7) is 3.78. The smallest absolute Gasteiger partial charge is 0.269 e. The van der Waals surface area contributed by atoms with Crippen molar-refractivity contribution >= 4 is 33.5 Å². The third-order valence-electron chi connectivity index (χ3n) is 4.11. The number of halogens is 2. The number of nitro benzene ring substituents is 1. The SMILES string of the molecule is Cc1cc(/C=N\Nc2ccc([N+](=O)[O-])cc2)c(C)n1-c1c(F)cccc1Br. The van der Waals surface area contributed by atoms with Crippen LogP contribution >= 0.6 is 15.9 Å². The monoisotopic (exact) mass is 430 g/mol. The molecule has 27 heavy (non-hydrogen) atoms. The molecule has 2 aromatic carbocycles. The molecule has 0 fully saturated rings. The fraction of sp³-hybridized carbons (Fsp3) is 0.105. The summed E-state index contributed by atoms with van der Waals surface area (Å²) >= 11 is 3.41. The lowest BCUT2D eigenvalue weighted by molar-refractivity contribution is -0.384. The van der Waals surface area contributed by atoms with Crippen LogP contribution in [0.5, 0.6) is 0 Å². The standard InChI is InChI=1S/C19H16BrFN4O2/c1-12-10-14(11-22-23-15-6-8-16(9-7-15)25(26)27)13(2)24(12)19-17(20)4-3-5-18(19)21/h3-11,23H,1-2H3/b22-11-. The highest BCUT2D eigenvalue weighted by molar-refractivity contribution is 9.10. The second-order valence-corrected chi connectivity index (χ2v) is 6.76. The normalized spacial score (nSPS) is 11.1. The molecule has 0 radical (unpaired) electrons. The van der Waals surface area contributed by atoms with E-state index in [1.807, 2.05) is 24.5 Å². The van der Waals surface area contributed by atoms with Gasteiger partial charge >= 0.3 is 0 Å². The van der Waals surface area contributed by atoms with Gasteiger partial charge in [0.15, 0.2) is 0 Å². The molecule has 0 saturated carbocycles. The lowest BCUT2D eigenvalue weighted by atomic mass is 10.2. The van der Waals surface area contributed by atoms with Crippen LogP contribution in [0.4, 0.5) is 15.8 Å². The van der Waals surface area contributed by atoms with E-state index in [1.165, 1.54) is 18.2 Å². The highest BCUT2D eigenvalue weighted by Crippen LogP contribution is 2.28. The number of aromatic nitrogens is 1. The van der Waals surface area contributed by atoms with Crippen molar-refractivity contribution in [1.82, 2.24) is 4.57 Å². The number of nitrogens with one attached hydrogen (secondary N) is 1. The molecule has 3 rings (SSSR count). The van der Waals surface area contributed by atoms with Gasteiger partial charge in [0.1, 0.15) is 5.82 Å². The largest absolute Gasteiger partial charge is 0.314 e. The van der Waals surface area contributed by atoms with Crippen LogP contribution in [0.3, 0.4) is 0 Å². The van der Waals surface area contributed by atoms with Gasteiger partial charge in [-0.25, -0.2) is 4.39 Å². The fourth-order valence-electron chi connectivity index (χ4n) is 2.80. The number of nitro groups is 1. The van der Waals surface area contributed by atoms with E-state index in [0.717, 1.165) is 17.0 Å². The molecule has 3 aromatic rings. The molecule has 0 unspecified atom stereocenters. The zero-order valence-corrected chi connectivity index (χ0v) is 16.2. The number of aryl methyl sites for hydroxylation is 1. The first kappa shape index (κ1) is 18.8. The number of hydrogen-bond acceptors (Lipinski definition) is 4. The fourth-order valence-corrected chi connectivity index (χ4v) is 3.32. The number of hydrogen-bond donors (Lipinski definition) is 1. The number of hydrazone groups is 1. The van der Waals surface area contributed by atoms with Crippen molar-refractivity contribution in [2.24, 2.45) is 5.10 Å². The van der Waals surface area contributed by atoms with Crippen molar-refractivity contribution in [3.8, 4) is 5.69 Å². The van der Waals surface area contributed by atoms with Crippen LogP contribution in [-0.4, -0.2) is 15.7 Å². The molecular formula is C19H16BrFN4O2. The molecule has 0 aliphatic rings. The summed E-state index contributed by atoms with van der Waals surface area (Å²) in [7, 11) is 0. The van der Waals surface area contributed by atoms with Gasteiger partial charge in [0, 0.05) is 33.6 Å². The van der Waals surface area contributed by atoms with Crippen molar-refractivity contribution in [1.29, 1.82) is 0 Å². The Kier molecular flexibility index (Phi) is 5.36. The zero-order valence-electron chi connectivity index (χ0n) is 14.6. The first-order chi connectivity index (χ1) is 12.9. The van der Waals surface area contributed by atoms with Crippen LogP contribution < -0.4 is 5.43 Å². The number of anilines is 1. The van der Waals surface area contributed by atoms with E-state index >= 15 is 0 Å². The Morgan fingerprint density at radius 3 is 2.56 bits per heavy atom. The molecule has 0 saturated heterocycles. The molecule has 0 spiro atoms. The Hall–Kier alpha value is -3.00. The Labute approximate surface area is 163 Å². The molecule has 1 aromatic heterocycles. The summed E-state index contributed by atoms with van der Waals surface area (Å²) < 4.78 is 16.8. The average Bonchev–Trinajstić information content (AvgIpc) is 2.90. The van der Waals surface area contributed by atoms with E-state index in [9.17, 15) is 14.5 Å². The highest BCUT2D eigenvalue weighted by atomic mass is 79.9. The predicted octanol–water partition coefficient (Wildman–Crippen LogP) is 5.35. The van der Waals surface area contributed by atoms with Gasteiger partial charge in [-0.2, -0.15) is 5.10 Å². The van der Waals surface area contributed by atoms with Gasteiger partial charge < -0.3 is 4.57 Å². The molecule has 0 amide bonds. The number of rotatable bonds is 5. The molecule has 0 aliphatic carbocycles. The maximum Gasteiger partial charge on any atom is 0.269 e. The zero-order chi connectivity index (χ0) is 19.6. The van der Waals surface area contributed by atoms with Gasteiger partial charge in [0.2, 0.25) is 0 Å². The summed E-state index contributed by atoms with van der Waals surface area (Å²) in [6, 6.07) is 12.7. The van der Waals surface area contributed by atoms with Crippen molar-refractivity contribution in [3.05, 3.63) is 85.9 Å². The maximum absolute atomic E-state index is 14.3. The maximum atomic E-state index is 14.3. The molecule has 6 nitrogen and oxygen atoms in total. The van der Waals surface area contributed by atoms with Crippen LogP contribution in [-0.2, 0) is 0 Å². The second kappa shape index (κ2) is 7.71. The van der Waals surface area contributed by atoms with Crippen molar-refractivity contribution in [3.63, 3.8) is 0 Å². The molecule has 8 heteroatoms. The Morgan fingerprint density at radius 2 is 1.93 bits per heavy atom. The first-order valence-electron chi connectivity index (χ1n) is 8.05. The van der Waals surface area contributed by atoms with Gasteiger partial charge in [-0.1, -0.05) is 6.07 Å². The molecule has 0 bridgehead atoms. The Balaban J connectivity index is 1.84. The summed E-state index contributed by atoms with van der Waals surface area (Å²) in [5.74, 6) is -0.321. The van der Waals surface area contributed by atoms with Crippen molar-refractivity contribution < 1.29 is 9.31 Å². The minimum Gasteiger partial charge on any atom is -0.314 e. The minimum atomic E-state index is -0.456. The Morgan fingerprint density at radius 1 is 1.22 bits per heavy atom. The predicted molar refractivity (Wildman–Crippen MR) is 107 cm³/mol. The number of nitrogens with zero attached hydrogens (tertiary/aromatic N) is 3. The number of para-hydroxylation sites is 1. The van der Waals surface area contributed by atoms with Crippen molar-refractivity contribution in [2.75, 3.05) is 5.43 Å². The van der Waals surface area contributed by atoms with E-state index in [2.05, 4.69) is 26.5 Å². The third-order valence-corrected chi connectivity index (χ3v) is 4.75. The van der Waals surface area contributed by atoms with Crippen molar-refractivity contribution in [2.45, 2.75) is 13.8 Å². The van der Waals surface area contributed by atoms with Gasteiger partial charge in [0.05, 0.1) is 22.5 Å². The summed E-state index contributed by atoms with van der Waals surface area (Å²) in [4.78, 5) is 10.2. The average molecular weight is 431 g/mol. The van der Waals surface area contributed by atoms with E-state index in [4.69, 9.17) is 0 Å². The molecule has 0 aliphatic heterocycles. The summed E-state index contributed by atoms with van der Waals surface area (Å²) in [6.07, 6.45) is 1.63.